The number of amides is 4. The fraction of sp³-hybridized carbons (Fsp3) is 0.700. The molecule has 2 aliphatic heterocycles. The molecular weight excluding hydrogens is 782 g/mol. The Balaban J connectivity index is 1.13. The topological polar surface area (TPSA) is 186 Å². The molecule has 316 valence electrons. The Hall–Kier alpha value is -4.22. The van der Waals surface area contributed by atoms with Crippen molar-refractivity contribution in [3.05, 3.63) is 29.7 Å². The molecule has 1 aromatic heterocycles. The highest BCUT2D eigenvalue weighted by Gasteiger charge is 2.67. The number of nitrogens with zero attached hydrogens (tertiary/aromatic N) is 3. The summed E-state index contributed by atoms with van der Waals surface area (Å²) in [6, 6.07) is 1.41. The molecule has 1 unspecified atom stereocenters. The molecule has 18 heteroatoms. The van der Waals surface area contributed by atoms with Crippen molar-refractivity contribution in [2.75, 3.05) is 6.54 Å². The fourth-order valence-electron chi connectivity index (χ4n) is 9.28. The number of carbonyl (C=O) groups excluding carboxylic acids is 4. The van der Waals surface area contributed by atoms with Crippen molar-refractivity contribution in [2.45, 2.75) is 139 Å². The Bertz CT molecular complexity index is 2130. The first kappa shape index (κ1) is 40.6. The summed E-state index contributed by atoms with van der Waals surface area (Å²) in [5, 5.41) is 5.20. The molecule has 6 aliphatic rings. The second-order valence-electron chi connectivity index (χ2n) is 18.6. The average molecular weight is 833 g/mol. The highest BCUT2D eigenvalue weighted by molar-refractivity contribution is 7.91. The normalized spacial score (nSPS) is 33.3. The molecule has 2 aromatic rings. The van der Waals surface area contributed by atoms with Gasteiger partial charge in [-0.1, -0.05) is 33.6 Å². The van der Waals surface area contributed by atoms with Crippen LogP contribution < -0.4 is 20.1 Å². The van der Waals surface area contributed by atoms with E-state index in [4.69, 9.17) is 14.5 Å². The molecule has 3 N–H and O–H groups in total. The lowest BCUT2D eigenvalue weighted by molar-refractivity contribution is -0.143. The molecule has 8 rings (SSSR count). The van der Waals surface area contributed by atoms with Gasteiger partial charge in [-0.15, -0.1) is 0 Å². The number of ether oxygens (including phenoxy) is 2. The third-order valence-electron chi connectivity index (χ3n) is 13.3. The van der Waals surface area contributed by atoms with E-state index in [1.807, 2.05) is 4.72 Å². The van der Waals surface area contributed by atoms with Crippen LogP contribution in [0.2, 0.25) is 0 Å². The number of sulfonamides is 1. The standard InChI is InChI=1S/C40H51F3N6O8S/c1-38(2,3)31-35(51)49-19-22(17-29(49)33(50)47-40(18-25(40)32(42)43)36(52)48-58(54,55)39(4)12-13-39)56-34-27(44-26-11-10-21(41)16-28(26)45-34)9-7-5-6-8-23-24-14-20(24)15-30(23)57-37(53)46-31/h10-11,16,20,22-25,29-32H,5-9,12-15,17-19H2,1-4H3,(H,46,53)(H,47,50)(H,48,52)/t20-,22+,23+,24-,25?,29-,30+,31+,40+/m0/s1. The second-order valence-corrected chi connectivity index (χ2v) is 20.8. The molecule has 58 heavy (non-hydrogen) atoms. The zero-order chi connectivity index (χ0) is 41.5. The number of alkyl halides is 2. The zero-order valence-electron chi connectivity index (χ0n) is 33.1. The lowest BCUT2D eigenvalue weighted by Gasteiger charge is -2.36. The molecule has 5 fully saturated rings. The molecule has 4 aliphatic carbocycles. The zero-order valence-corrected chi connectivity index (χ0v) is 33.9. The van der Waals surface area contributed by atoms with Gasteiger partial charge in [0.25, 0.3) is 5.91 Å². The van der Waals surface area contributed by atoms with Gasteiger partial charge in [0, 0.05) is 12.5 Å². The van der Waals surface area contributed by atoms with Gasteiger partial charge in [0.15, 0.2) is 0 Å². The van der Waals surface area contributed by atoms with Crippen LogP contribution in [0.15, 0.2) is 18.2 Å². The van der Waals surface area contributed by atoms with Crippen molar-refractivity contribution < 1.29 is 50.2 Å². The highest BCUT2D eigenvalue weighted by atomic mass is 32.2. The summed E-state index contributed by atoms with van der Waals surface area (Å²) in [6.07, 6.45) is 0.428. The first-order valence-corrected chi connectivity index (χ1v) is 21.8. The number of hydrogen-bond acceptors (Lipinski definition) is 10. The van der Waals surface area contributed by atoms with Crippen LogP contribution in [-0.2, 0) is 35.6 Å². The highest BCUT2D eigenvalue weighted by Crippen LogP contribution is 2.58. The van der Waals surface area contributed by atoms with Gasteiger partial charge in [-0.05, 0) is 93.6 Å². The number of nitrogens with one attached hydrogen (secondary N) is 3. The van der Waals surface area contributed by atoms with Crippen LogP contribution in [0.25, 0.3) is 11.0 Å². The van der Waals surface area contributed by atoms with Crippen LogP contribution in [0, 0.1) is 34.9 Å². The van der Waals surface area contributed by atoms with E-state index in [-0.39, 0.29) is 49.2 Å². The summed E-state index contributed by atoms with van der Waals surface area (Å²) in [5.41, 5.74) is -1.97. The van der Waals surface area contributed by atoms with Crippen molar-refractivity contribution in [1.82, 2.24) is 30.2 Å². The largest absolute Gasteiger partial charge is 0.471 e. The predicted molar refractivity (Wildman–Crippen MR) is 202 cm³/mol. The minimum absolute atomic E-state index is 0.0954. The molecular formula is C40H51F3N6O8S. The van der Waals surface area contributed by atoms with Crippen LogP contribution in [-0.4, -0.2) is 94.6 Å². The molecule has 1 aromatic carbocycles. The first-order chi connectivity index (χ1) is 27.3. The number of aromatic nitrogens is 2. The lowest BCUT2D eigenvalue weighted by atomic mass is 9.85. The fourth-order valence-corrected chi connectivity index (χ4v) is 10.6. The smallest absolute Gasteiger partial charge is 0.408 e. The third kappa shape index (κ3) is 7.69. The van der Waals surface area contributed by atoms with Gasteiger partial charge in [-0.25, -0.2) is 36.4 Å². The van der Waals surface area contributed by atoms with E-state index in [1.165, 1.54) is 30.0 Å². The number of fused-ring (bicyclic) bond motifs is 7. The first-order valence-electron chi connectivity index (χ1n) is 20.4. The number of carbonyl (C=O) groups is 4. The van der Waals surface area contributed by atoms with Crippen LogP contribution in [0.1, 0.15) is 97.6 Å². The quantitative estimate of drug-likeness (QED) is 0.374. The number of alkyl carbamates (subject to hydrolysis) is 1. The molecule has 3 heterocycles. The maximum atomic E-state index is 14.7. The monoisotopic (exact) mass is 832 g/mol. The van der Waals surface area contributed by atoms with Gasteiger partial charge < -0.3 is 25.0 Å². The predicted octanol–water partition coefficient (Wildman–Crippen LogP) is 4.54. The number of benzene rings is 1. The Morgan fingerprint density at radius 1 is 1.02 bits per heavy atom. The maximum Gasteiger partial charge on any atom is 0.408 e. The minimum Gasteiger partial charge on any atom is -0.471 e. The average Bonchev–Trinajstić information content (AvgIpc) is 4.10. The van der Waals surface area contributed by atoms with E-state index in [0.717, 1.165) is 38.5 Å². The SMILES string of the molecule is CC(C)(C)[C@@H]1NC(=O)O[C@@H]2C[C@@H]3C[C@@H]3[C@H]2CCCCCc2nc3ccc(F)cc3nc2O[C@@H]2C[C@@H](C(=O)N[C@]3(C(=O)NS(=O)(=O)C4(C)CC4)CC3C(F)F)N(C2)C1=O. The van der Waals surface area contributed by atoms with Gasteiger partial charge in [0.05, 0.1) is 28.2 Å². The van der Waals surface area contributed by atoms with Gasteiger partial charge in [0.2, 0.25) is 34.1 Å². The minimum atomic E-state index is -4.25. The van der Waals surface area contributed by atoms with E-state index < -0.39 is 92.3 Å². The number of aryl methyl sites for hydroxylation is 1. The third-order valence-corrected chi connectivity index (χ3v) is 15.5. The van der Waals surface area contributed by atoms with E-state index in [9.17, 15) is 40.8 Å². The Morgan fingerprint density at radius 2 is 1.78 bits per heavy atom. The molecule has 4 saturated carbocycles. The van der Waals surface area contributed by atoms with Crippen molar-refractivity contribution >= 4 is 44.9 Å². The van der Waals surface area contributed by atoms with Crippen LogP contribution >= 0.6 is 0 Å². The van der Waals surface area contributed by atoms with Crippen LogP contribution in [0.3, 0.4) is 0 Å². The molecule has 14 nitrogen and oxygen atoms in total. The van der Waals surface area contributed by atoms with Crippen molar-refractivity contribution in [1.29, 1.82) is 0 Å². The van der Waals surface area contributed by atoms with Crippen LogP contribution in [0.4, 0.5) is 18.0 Å². The van der Waals surface area contributed by atoms with Crippen LogP contribution in [0.5, 0.6) is 5.88 Å². The molecule has 0 spiro atoms. The van der Waals surface area contributed by atoms with Gasteiger partial charge >= 0.3 is 6.09 Å². The summed E-state index contributed by atoms with van der Waals surface area (Å²) < 4.78 is 82.0. The lowest BCUT2D eigenvalue weighted by Crippen LogP contribution is -2.60. The van der Waals surface area contributed by atoms with Gasteiger partial charge in [-0.3, -0.25) is 19.1 Å². The summed E-state index contributed by atoms with van der Waals surface area (Å²) in [7, 11) is -4.25. The second kappa shape index (κ2) is 14.5. The Morgan fingerprint density at radius 3 is 2.47 bits per heavy atom. The van der Waals surface area contributed by atoms with Crippen molar-refractivity contribution in [3.63, 3.8) is 0 Å². The molecule has 4 amide bonds. The summed E-state index contributed by atoms with van der Waals surface area (Å²) in [6.45, 7) is 6.43. The summed E-state index contributed by atoms with van der Waals surface area (Å²) in [5.74, 6) is -3.89. The summed E-state index contributed by atoms with van der Waals surface area (Å²) >= 11 is 0. The number of halogens is 3. The van der Waals surface area contributed by atoms with E-state index in [1.54, 1.807) is 20.8 Å². The molecule has 0 radical (unpaired) electrons. The number of hydrogen-bond donors (Lipinski definition) is 3. The molecule has 1 saturated heterocycles. The van der Waals surface area contributed by atoms with Gasteiger partial charge in [0.1, 0.15) is 41.3 Å². The Kier molecular flexibility index (Phi) is 10.1. The Labute approximate surface area is 335 Å². The van der Waals surface area contributed by atoms with E-state index >= 15 is 0 Å². The number of rotatable bonds is 6. The van der Waals surface area contributed by atoms with E-state index in [2.05, 4.69) is 15.6 Å². The van der Waals surface area contributed by atoms with Crippen molar-refractivity contribution in [3.8, 4) is 5.88 Å². The maximum absolute atomic E-state index is 14.7. The summed E-state index contributed by atoms with van der Waals surface area (Å²) in [4.78, 5) is 66.8. The molecule has 2 bridgehead atoms. The van der Waals surface area contributed by atoms with E-state index in [0.29, 0.717) is 29.5 Å². The van der Waals surface area contributed by atoms with Gasteiger partial charge in [-0.2, -0.15) is 0 Å². The molecule has 9 atom stereocenters. The van der Waals surface area contributed by atoms with Crippen molar-refractivity contribution in [2.24, 2.45) is 29.1 Å².